The summed E-state index contributed by atoms with van der Waals surface area (Å²) in [6.45, 7) is 3.73. The summed E-state index contributed by atoms with van der Waals surface area (Å²) in [6.07, 6.45) is 1.37. The highest BCUT2D eigenvalue weighted by Gasteiger charge is 2.14. The SMILES string of the molecule is Cc1ccc(C)c(NC(=O)C(=O)N/N=C/c2ccc(OC(=O)c3cccc(Cl)c3)cc2)c1. The predicted octanol–water partition coefficient (Wildman–Crippen LogP) is 4.26. The number of nitrogens with one attached hydrogen (secondary N) is 2. The van der Waals surface area contributed by atoms with E-state index in [1.165, 1.54) is 12.3 Å². The molecule has 0 unspecified atom stereocenters. The van der Waals surface area contributed by atoms with Crippen molar-refractivity contribution >= 4 is 41.3 Å². The number of benzene rings is 3. The third-order valence-electron chi connectivity index (χ3n) is 4.38. The minimum Gasteiger partial charge on any atom is -0.423 e. The van der Waals surface area contributed by atoms with Crippen LogP contribution in [0.3, 0.4) is 0 Å². The Hall–Kier alpha value is -3.97. The lowest BCUT2D eigenvalue weighted by Gasteiger charge is -2.08. The summed E-state index contributed by atoms with van der Waals surface area (Å²) < 4.78 is 5.29. The molecule has 3 rings (SSSR count). The van der Waals surface area contributed by atoms with Crippen molar-refractivity contribution in [2.45, 2.75) is 13.8 Å². The van der Waals surface area contributed by atoms with Crippen molar-refractivity contribution in [1.29, 1.82) is 0 Å². The lowest BCUT2D eigenvalue weighted by molar-refractivity contribution is -0.136. The van der Waals surface area contributed by atoms with Gasteiger partial charge in [-0.3, -0.25) is 9.59 Å². The summed E-state index contributed by atoms with van der Waals surface area (Å²) in [6, 6.07) is 18.5. The molecule has 0 aliphatic heterocycles. The molecule has 2 N–H and O–H groups in total. The van der Waals surface area contributed by atoms with Gasteiger partial charge in [0.25, 0.3) is 0 Å². The van der Waals surface area contributed by atoms with E-state index in [0.29, 0.717) is 27.6 Å². The van der Waals surface area contributed by atoms with Crippen LogP contribution in [0.15, 0.2) is 71.8 Å². The van der Waals surface area contributed by atoms with Crippen LogP contribution in [-0.4, -0.2) is 24.0 Å². The van der Waals surface area contributed by atoms with Crippen LogP contribution in [0.2, 0.25) is 5.02 Å². The van der Waals surface area contributed by atoms with Crippen LogP contribution >= 0.6 is 11.6 Å². The summed E-state index contributed by atoms with van der Waals surface area (Å²) in [5.74, 6) is -1.91. The molecular formula is C24H20ClN3O4. The zero-order chi connectivity index (χ0) is 23.1. The van der Waals surface area contributed by atoms with E-state index < -0.39 is 17.8 Å². The van der Waals surface area contributed by atoms with Gasteiger partial charge in [0, 0.05) is 10.7 Å². The fourth-order valence-electron chi connectivity index (χ4n) is 2.67. The first kappa shape index (κ1) is 22.7. The van der Waals surface area contributed by atoms with E-state index in [4.69, 9.17) is 16.3 Å². The van der Waals surface area contributed by atoms with Gasteiger partial charge in [-0.2, -0.15) is 5.10 Å². The summed E-state index contributed by atoms with van der Waals surface area (Å²) >= 11 is 5.88. The molecule has 0 radical (unpaired) electrons. The Labute approximate surface area is 190 Å². The second kappa shape index (κ2) is 10.4. The van der Waals surface area contributed by atoms with Crippen LogP contribution < -0.4 is 15.5 Å². The quantitative estimate of drug-likeness (QED) is 0.200. The van der Waals surface area contributed by atoms with Crippen LogP contribution in [0.1, 0.15) is 27.0 Å². The molecule has 2 amide bonds. The predicted molar refractivity (Wildman–Crippen MR) is 123 cm³/mol. The lowest BCUT2D eigenvalue weighted by atomic mass is 10.1. The van der Waals surface area contributed by atoms with Crippen LogP contribution in [-0.2, 0) is 9.59 Å². The van der Waals surface area contributed by atoms with Gasteiger partial charge >= 0.3 is 17.8 Å². The third kappa shape index (κ3) is 6.26. The van der Waals surface area contributed by atoms with Gasteiger partial charge in [0.1, 0.15) is 5.75 Å². The Morgan fingerprint density at radius 1 is 0.938 bits per heavy atom. The first-order valence-electron chi connectivity index (χ1n) is 9.61. The summed E-state index contributed by atoms with van der Waals surface area (Å²) in [4.78, 5) is 36.2. The Morgan fingerprint density at radius 2 is 1.69 bits per heavy atom. The van der Waals surface area contributed by atoms with Crippen molar-refractivity contribution in [3.63, 3.8) is 0 Å². The highest BCUT2D eigenvalue weighted by atomic mass is 35.5. The molecule has 7 nitrogen and oxygen atoms in total. The summed E-state index contributed by atoms with van der Waals surface area (Å²) in [5.41, 5.74) is 5.52. The normalized spacial score (nSPS) is 10.6. The number of esters is 1. The van der Waals surface area contributed by atoms with Crippen LogP contribution in [0, 0.1) is 13.8 Å². The molecule has 0 fully saturated rings. The van der Waals surface area contributed by atoms with Gasteiger partial charge in [-0.15, -0.1) is 0 Å². The highest BCUT2D eigenvalue weighted by Crippen LogP contribution is 2.17. The third-order valence-corrected chi connectivity index (χ3v) is 4.61. The van der Waals surface area contributed by atoms with E-state index >= 15 is 0 Å². The van der Waals surface area contributed by atoms with Crippen molar-refractivity contribution in [3.05, 3.63) is 94.0 Å². The minimum absolute atomic E-state index is 0.337. The van der Waals surface area contributed by atoms with Gasteiger partial charge in [-0.25, -0.2) is 10.2 Å². The number of anilines is 1. The van der Waals surface area contributed by atoms with E-state index in [0.717, 1.165) is 11.1 Å². The lowest BCUT2D eigenvalue weighted by Crippen LogP contribution is -2.32. The van der Waals surface area contributed by atoms with Gasteiger partial charge in [0.2, 0.25) is 0 Å². The Balaban J connectivity index is 1.53. The van der Waals surface area contributed by atoms with Gasteiger partial charge < -0.3 is 10.1 Å². The molecule has 32 heavy (non-hydrogen) atoms. The van der Waals surface area contributed by atoms with E-state index in [2.05, 4.69) is 15.8 Å². The van der Waals surface area contributed by atoms with E-state index in [9.17, 15) is 14.4 Å². The molecule has 0 spiro atoms. The Morgan fingerprint density at radius 3 is 2.41 bits per heavy atom. The molecule has 0 saturated carbocycles. The van der Waals surface area contributed by atoms with Gasteiger partial charge in [0.05, 0.1) is 11.8 Å². The first-order chi connectivity index (χ1) is 15.3. The Bertz CT molecular complexity index is 1190. The molecule has 8 heteroatoms. The minimum atomic E-state index is -0.894. The van der Waals surface area contributed by atoms with Gasteiger partial charge in [-0.05, 0) is 79.1 Å². The van der Waals surface area contributed by atoms with Crippen LogP contribution in [0.5, 0.6) is 5.75 Å². The van der Waals surface area contributed by atoms with Crippen molar-refractivity contribution in [3.8, 4) is 5.75 Å². The fourth-order valence-corrected chi connectivity index (χ4v) is 2.86. The standard InChI is InChI=1S/C24H20ClN3O4/c1-15-6-7-16(2)21(12-15)27-22(29)23(30)28-26-14-17-8-10-20(11-9-17)32-24(31)18-4-3-5-19(25)13-18/h3-14H,1-2H3,(H,27,29)(H,28,30)/b26-14+. The number of aryl methyl sites for hydroxylation is 2. The molecule has 0 aliphatic carbocycles. The summed E-state index contributed by atoms with van der Waals surface area (Å²) in [5, 5.41) is 6.79. The van der Waals surface area contributed by atoms with Crippen LogP contribution in [0.4, 0.5) is 5.69 Å². The van der Waals surface area contributed by atoms with Crippen molar-refractivity contribution in [1.82, 2.24) is 5.43 Å². The topological polar surface area (TPSA) is 96.9 Å². The van der Waals surface area contributed by atoms with Gasteiger partial charge in [0.15, 0.2) is 0 Å². The number of ether oxygens (including phenoxy) is 1. The zero-order valence-corrected chi connectivity index (χ0v) is 18.1. The number of hydrazone groups is 1. The second-order valence-electron chi connectivity index (χ2n) is 6.94. The van der Waals surface area contributed by atoms with Crippen LogP contribution in [0.25, 0.3) is 0 Å². The van der Waals surface area contributed by atoms with E-state index in [1.807, 2.05) is 26.0 Å². The maximum absolute atomic E-state index is 12.1. The smallest absolute Gasteiger partial charge is 0.343 e. The second-order valence-corrected chi connectivity index (χ2v) is 7.38. The van der Waals surface area contributed by atoms with Gasteiger partial charge in [-0.1, -0.05) is 29.8 Å². The number of rotatable bonds is 5. The number of halogens is 1. The summed E-state index contributed by atoms with van der Waals surface area (Å²) in [7, 11) is 0. The zero-order valence-electron chi connectivity index (χ0n) is 17.4. The van der Waals surface area contributed by atoms with Crippen molar-refractivity contribution < 1.29 is 19.1 Å². The number of nitrogens with zero attached hydrogens (tertiary/aromatic N) is 1. The number of hydrogen-bond acceptors (Lipinski definition) is 5. The van der Waals surface area contributed by atoms with Crippen molar-refractivity contribution in [2.75, 3.05) is 5.32 Å². The molecule has 3 aromatic rings. The molecule has 0 heterocycles. The molecule has 0 saturated heterocycles. The number of carbonyl (C=O) groups is 3. The first-order valence-corrected chi connectivity index (χ1v) is 9.99. The van der Waals surface area contributed by atoms with E-state index in [-0.39, 0.29) is 0 Å². The maximum Gasteiger partial charge on any atom is 0.343 e. The molecule has 0 bridgehead atoms. The average Bonchev–Trinajstić information content (AvgIpc) is 2.77. The molecule has 162 valence electrons. The molecule has 0 atom stereocenters. The molecule has 0 aromatic heterocycles. The van der Waals surface area contributed by atoms with E-state index in [1.54, 1.807) is 48.5 Å². The fraction of sp³-hybridized carbons (Fsp3) is 0.0833. The molecule has 0 aliphatic rings. The highest BCUT2D eigenvalue weighted by molar-refractivity contribution is 6.39. The number of carbonyl (C=O) groups excluding carboxylic acids is 3. The number of amides is 2. The molecule has 3 aromatic carbocycles. The average molecular weight is 450 g/mol. The maximum atomic E-state index is 12.1. The largest absolute Gasteiger partial charge is 0.423 e. The molecular weight excluding hydrogens is 430 g/mol. The van der Waals surface area contributed by atoms with Crippen molar-refractivity contribution in [2.24, 2.45) is 5.10 Å². The Kier molecular flexibility index (Phi) is 7.36. The monoisotopic (exact) mass is 449 g/mol. The number of hydrogen-bond donors (Lipinski definition) is 2.